The van der Waals surface area contributed by atoms with Crippen LogP contribution in [-0.4, -0.2) is 56.0 Å². The summed E-state index contributed by atoms with van der Waals surface area (Å²) >= 11 is 1.24. The number of nitrogens with zero attached hydrogens (tertiary/aromatic N) is 3. The summed E-state index contributed by atoms with van der Waals surface area (Å²) in [5.41, 5.74) is 0.963. The Bertz CT molecular complexity index is 1440. The van der Waals surface area contributed by atoms with Gasteiger partial charge in [-0.3, -0.25) is 9.59 Å². The molecule has 0 aliphatic carbocycles. The predicted molar refractivity (Wildman–Crippen MR) is 137 cm³/mol. The van der Waals surface area contributed by atoms with Crippen molar-refractivity contribution >= 4 is 43.5 Å². The van der Waals surface area contributed by atoms with Crippen LogP contribution < -0.4 is 9.54 Å². The van der Waals surface area contributed by atoms with Gasteiger partial charge in [-0.05, 0) is 61.7 Å². The maximum absolute atomic E-state index is 13.2. The van der Waals surface area contributed by atoms with Crippen LogP contribution >= 0.6 is 11.3 Å². The molecule has 192 valence electrons. The van der Waals surface area contributed by atoms with Crippen molar-refractivity contribution in [3.63, 3.8) is 0 Å². The second-order valence-corrected chi connectivity index (χ2v) is 11.4. The normalized spacial score (nSPS) is 17.3. The molecule has 1 aromatic heterocycles. The second kappa shape index (κ2) is 10.9. The molecule has 1 unspecified atom stereocenters. The van der Waals surface area contributed by atoms with Crippen molar-refractivity contribution in [3.05, 3.63) is 52.8 Å². The average molecular weight is 532 g/mol. The summed E-state index contributed by atoms with van der Waals surface area (Å²) in [4.78, 5) is 29.8. The van der Waals surface area contributed by atoms with Crippen LogP contribution in [0.15, 0.2) is 52.4 Å². The molecule has 4 rings (SSSR count). The summed E-state index contributed by atoms with van der Waals surface area (Å²) in [5, 5.41) is 0. The van der Waals surface area contributed by atoms with Crippen LogP contribution in [0.1, 0.15) is 43.0 Å². The Morgan fingerprint density at radius 1 is 1.11 bits per heavy atom. The van der Waals surface area contributed by atoms with E-state index in [1.54, 1.807) is 34.2 Å². The molecule has 1 amide bonds. The number of sulfonamides is 1. The van der Waals surface area contributed by atoms with Gasteiger partial charge >= 0.3 is 5.97 Å². The number of carbonyl (C=O) groups excluding carboxylic acids is 2. The molecule has 0 bridgehead atoms. The number of aromatic nitrogens is 1. The molecule has 0 spiro atoms. The quantitative estimate of drug-likeness (QED) is 0.432. The fourth-order valence-corrected chi connectivity index (χ4v) is 7.19. The highest BCUT2D eigenvalue weighted by Crippen LogP contribution is 2.27. The van der Waals surface area contributed by atoms with Gasteiger partial charge in [0.2, 0.25) is 10.0 Å². The van der Waals surface area contributed by atoms with E-state index in [0.29, 0.717) is 22.6 Å². The van der Waals surface area contributed by atoms with E-state index < -0.39 is 21.9 Å². The largest absolute Gasteiger partial charge is 0.497 e. The fraction of sp³-hybridized carbons (Fsp3) is 0.400. The predicted octanol–water partition coefficient (Wildman–Crippen LogP) is 3.58. The third-order valence-electron chi connectivity index (χ3n) is 6.35. The minimum absolute atomic E-state index is 0.00287. The summed E-state index contributed by atoms with van der Waals surface area (Å²) in [6.07, 6.45) is 3.50. The zero-order valence-electron chi connectivity index (χ0n) is 20.5. The standard InChI is InChI=1S/C25H29N3O6S2/c1-4-18-7-5-6-14-28(18)36(31,32)20-11-8-17(9-12-20)24(30)26-25-27(16-23(29)34-3)21-13-10-19(33-2)15-22(21)35-25/h8-13,15,18H,4-7,14,16H2,1-3H3. The third-order valence-corrected chi connectivity index (χ3v) is 9.36. The topological polar surface area (TPSA) is 107 Å². The maximum Gasteiger partial charge on any atom is 0.325 e. The number of amides is 1. The van der Waals surface area contributed by atoms with Gasteiger partial charge in [-0.1, -0.05) is 24.7 Å². The lowest BCUT2D eigenvalue weighted by Gasteiger charge is -2.34. The summed E-state index contributed by atoms with van der Waals surface area (Å²) in [7, 11) is -0.790. The molecule has 3 aromatic rings. The number of methoxy groups -OCH3 is 2. The molecule has 1 atom stereocenters. The van der Waals surface area contributed by atoms with Gasteiger partial charge in [-0.2, -0.15) is 9.30 Å². The minimum Gasteiger partial charge on any atom is -0.497 e. The van der Waals surface area contributed by atoms with Crippen LogP contribution in [0.3, 0.4) is 0 Å². The highest BCUT2D eigenvalue weighted by molar-refractivity contribution is 7.89. The van der Waals surface area contributed by atoms with Gasteiger partial charge in [0.25, 0.3) is 5.91 Å². The second-order valence-electron chi connectivity index (χ2n) is 8.50. The molecule has 1 aliphatic rings. The summed E-state index contributed by atoms with van der Waals surface area (Å²) < 4.78 is 40.5. The van der Waals surface area contributed by atoms with Crippen LogP contribution in [0.2, 0.25) is 0 Å². The highest BCUT2D eigenvalue weighted by atomic mass is 32.2. The zero-order valence-corrected chi connectivity index (χ0v) is 22.1. The van der Waals surface area contributed by atoms with Crippen molar-refractivity contribution in [1.82, 2.24) is 8.87 Å². The van der Waals surface area contributed by atoms with E-state index in [2.05, 4.69) is 4.99 Å². The lowest BCUT2D eigenvalue weighted by molar-refractivity contribution is -0.141. The van der Waals surface area contributed by atoms with Crippen LogP contribution in [0.25, 0.3) is 10.2 Å². The lowest BCUT2D eigenvalue weighted by atomic mass is 10.0. The van der Waals surface area contributed by atoms with Crippen LogP contribution in [-0.2, 0) is 26.1 Å². The number of rotatable bonds is 7. The van der Waals surface area contributed by atoms with E-state index in [9.17, 15) is 18.0 Å². The number of fused-ring (bicyclic) bond motifs is 1. The van der Waals surface area contributed by atoms with Crippen molar-refractivity contribution in [2.75, 3.05) is 20.8 Å². The van der Waals surface area contributed by atoms with Crippen molar-refractivity contribution < 1.29 is 27.5 Å². The van der Waals surface area contributed by atoms with Gasteiger partial charge in [-0.25, -0.2) is 8.42 Å². The molecule has 36 heavy (non-hydrogen) atoms. The van der Waals surface area contributed by atoms with E-state index in [1.165, 1.54) is 42.7 Å². The molecule has 1 aliphatic heterocycles. The van der Waals surface area contributed by atoms with E-state index in [0.717, 1.165) is 30.4 Å². The molecule has 1 saturated heterocycles. The summed E-state index contributed by atoms with van der Waals surface area (Å²) in [6.45, 7) is 2.40. The monoisotopic (exact) mass is 531 g/mol. The van der Waals surface area contributed by atoms with Gasteiger partial charge in [0, 0.05) is 18.2 Å². The number of thiazole rings is 1. The first-order valence-corrected chi connectivity index (χ1v) is 14.0. The Labute approximate surface area is 214 Å². The number of benzene rings is 2. The number of hydrogen-bond acceptors (Lipinski definition) is 7. The van der Waals surface area contributed by atoms with Crippen LogP contribution in [0, 0.1) is 0 Å². The van der Waals surface area contributed by atoms with Gasteiger partial charge in [0.15, 0.2) is 4.80 Å². The highest BCUT2D eigenvalue weighted by Gasteiger charge is 2.32. The van der Waals surface area contributed by atoms with Gasteiger partial charge < -0.3 is 14.0 Å². The number of hydrogen-bond donors (Lipinski definition) is 0. The molecule has 2 heterocycles. The van der Waals surface area contributed by atoms with Gasteiger partial charge in [0.05, 0.1) is 29.3 Å². The van der Waals surface area contributed by atoms with Crippen LogP contribution in [0.4, 0.5) is 0 Å². The number of ether oxygens (including phenoxy) is 2. The molecular formula is C25H29N3O6S2. The molecule has 0 N–H and O–H groups in total. The first-order chi connectivity index (χ1) is 17.3. The lowest BCUT2D eigenvalue weighted by Crippen LogP contribution is -2.43. The van der Waals surface area contributed by atoms with E-state index in [-0.39, 0.29) is 23.0 Å². The van der Waals surface area contributed by atoms with Crippen LogP contribution in [0.5, 0.6) is 5.75 Å². The maximum atomic E-state index is 13.2. The average Bonchev–Trinajstić information content (AvgIpc) is 3.23. The fourth-order valence-electron chi connectivity index (χ4n) is 4.37. The number of piperidine rings is 1. The van der Waals surface area contributed by atoms with Crippen molar-refractivity contribution in [3.8, 4) is 5.75 Å². The Hall–Kier alpha value is -3.02. The minimum atomic E-state index is -3.65. The molecule has 9 nitrogen and oxygen atoms in total. The molecule has 2 aromatic carbocycles. The van der Waals surface area contributed by atoms with Crippen molar-refractivity contribution in [2.24, 2.45) is 4.99 Å². The Balaban J connectivity index is 1.67. The molecule has 1 fully saturated rings. The SMILES string of the molecule is CCC1CCCCN1S(=O)(=O)c1ccc(C(=O)N=c2sc3cc(OC)ccc3n2CC(=O)OC)cc1. The van der Waals surface area contributed by atoms with Crippen molar-refractivity contribution in [2.45, 2.75) is 50.1 Å². The Morgan fingerprint density at radius 2 is 1.86 bits per heavy atom. The van der Waals surface area contributed by atoms with Gasteiger partial charge in [-0.15, -0.1) is 0 Å². The van der Waals surface area contributed by atoms with E-state index in [1.807, 2.05) is 6.92 Å². The zero-order chi connectivity index (χ0) is 25.9. The molecule has 11 heteroatoms. The molecular weight excluding hydrogens is 502 g/mol. The molecule has 0 saturated carbocycles. The summed E-state index contributed by atoms with van der Waals surface area (Å²) in [5.74, 6) is -0.375. The van der Waals surface area contributed by atoms with Gasteiger partial charge in [0.1, 0.15) is 12.3 Å². The Morgan fingerprint density at radius 3 is 2.53 bits per heavy atom. The first-order valence-electron chi connectivity index (χ1n) is 11.7. The third kappa shape index (κ3) is 5.23. The van der Waals surface area contributed by atoms with E-state index in [4.69, 9.17) is 9.47 Å². The van der Waals surface area contributed by atoms with E-state index >= 15 is 0 Å². The molecule has 0 radical (unpaired) electrons. The summed E-state index contributed by atoms with van der Waals surface area (Å²) in [6, 6.07) is 11.2. The number of esters is 1. The van der Waals surface area contributed by atoms with Crippen molar-refractivity contribution in [1.29, 1.82) is 0 Å². The number of carbonyl (C=O) groups is 2. The Kier molecular flexibility index (Phi) is 7.91. The smallest absolute Gasteiger partial charge is 0.325 e. The first kappa shape index (κ1) is 26.1.